The van der Waals surface area contributed by atoms with E-state index in [2.05, 4.69) is 108 Å². The molecule has 4 heteroatoms. The molecule has 0 spiro atoms. The molecule has 9 rings (SSSR count). The van der Waals surface area contributed by atoms with Gasteiger partial charge in [0.2, 0.25) is 0 Å². The smallest absolute Gasteiger partial charge is 0.135 e. The molecule has 0 saturated carbocycles. The van der Waals surface area contributed by atoms with Crippen LogP contribution in [-0.4, -0.2) is 4.57 Å². The number of thiophene rings is 1. The molecule has 1 aliphatic rings. The van der Waals surface area contributed by atoms with Gasteiger partial charge in [-0.1, -0.05) is 78.9 Å². The fraction of sp³-hybridized carbons (Fsp3) is 0.0270. The molecule has 0 saturated heterocycles. The molecule has 41 heavy (non-hydrogen) atoms. The monoisotopic (exact) mass is 544 g/mol. The third kappa shape index (κ3) is 3.19. The van der Waals surface area contributed by atoms with Gasteiger partial charge in [0.25, 0.3) is 0 Å². The topological polar surface area (TPSA) is 44.1 Å². The van der Waals surface area contributed by atoms with Crippen molar-refractivity contribution in [2.24, 2.45) is 0 Å². The van der Waals surface area contributed by atoms with Crippen LogP contribution < -0.4 is 5.73 Å². The summed E-state index contributed by atoms with van der Waals surface area (Å²) in [4.78, 5) is 1.30. The first kappa shape index (κ1) is 22.7. The molecule has 0 amide bonds. The number of hydrogen-bond acceptors (Lipinski definition) is 3. The molecule has 3 heterocycles. The van der Waals surface area contributed by atoms with Gasteiger partial charge in [-0.15, -0.1) is 11.3 Å². The summed E-state index contributed by atoms with van der Waals surface area (Å²) in [6.45, 7) is 0. The summed E-state index contributed by atoms with van der Waals surface area (Å²) >= 11 is 1.86. The fourth-order valence-electron chi connectivity index (χ4n) is 6.58. The van der Waals surface area contributed by atoms with E-state index in [1.54, 1.807) is 0 Å². The van der Waals surface area contributed by atoms with Crippen molar-refractivity contribution in [3.05, 3.63) is 120 Å². The molecule has 0 aliphatic heterocycles. The standard InChI is InChI=1S/C37H24N2OS/c38-29-13-8-12-23(22-17-19-32-28(21-22)25-10-5-7-15-31(25)40-32)36(29)39-30-14-6-4-9-24(30)26-18-20-34-35(37(26)39)27-11-2-1-3-16-33(27)41-34/h2-21H,1,38H2. The summed E-state index contributed by atoms with van der Waals surface area (Å²) < 4.78 is 9.84. The minimum absolute atomic E-state index is 0.746. The lowest BCUT2D eigenvalue weighted by atomic mass is 9.99. The van der Waals surface area contributed by atoms with Crippen LogP contribution in [-0.2, 0) is 0 Å². The van der Waals surface area contributed by atoms with Crippen LogP contribution in [0.1, 0.15) is 16.9 Å². The Morgan fingerprint density at radius 2 is 1.54 bits per heavy atom. The summed E-state index contributed by atoms with van der Waals surface area (Å²) in [5.41, 5.74) is 16.3. The zero-order chi connectivity index (χ0) is 27.1. The number of benzene rings is 5. The lowest BCUT2D eigenvalue weighted by Gasteiger charge is -2.17. The van der Waals surface area contributed by atoms with E-state index in [-0.39, 0.29) is 0 Å². The lowest BCUT2D eigenvalue weighted by Crippen LogP contribution is -2.02. The molecule has 3 aromatic heterocycles. The van der Waals surface area contributed by atoms with Gasteiger partial charge in [0.05, 0.1) is 22.4 Å². The Morgan fingerprint density at radius 1 is 0.707 bits per heavy atom. The number of allylic oxidation sites excluding steroid dienone is 2. The molecule has 194 valence electrons. The Balaban J connectivity index is 1.43. The number of nitrogens with two attached hydrogens (primary N) is 1. The summed E-state index contributed by atoms with van der Waals surface area (Å²) in [6.07, 6.45) is 10.0. The highest BCUT2D eigenvalue weighted by molar-refractivity contribution is 7.20. The van der Waals surface area contributed by atoms with Gasteiger partial charge < -0.3 is 14.7 Å². The summed E-state index contributed by atoms with van der Waals surface area (Å²) in [5, 5.41) is 5.97. The molecule has 0 unspecified atom stereocenters. The minimum Gasteiger partial charge on any atom is -0.456 e. The second-order valence-corrected chi connectivity index (χ2v) is 11.7. The first-order valence-corrected chi connectivity index (χ1v) is 14.7. The van der Waals surface area contributed by atoms with Gasteiger partial charge in [0.15, 0.2) is 0 Å². The zero-order valence-electron chi connectivity index (χ0n) is 22.1. The van der Waals surface area contributed by atoms with E-state index < -0.39 is 0 Å². The zero-order valence-corrected chi connectivity index (χ0v) is 22.9. The number of rotatable bonds is 2. The maximum atomic E-state index is 6.94. The van der Waals surface area contributed by atoms with Gasteiger partial charge in [-0.3, -0.25) is 0 Å². The van der Waals surface area contributed by atoms with E-state index in [1.807, 2.05) is 29.5 Å². The van der Waals surface area contributed by atoms with Gasteiger partial charge in [-0.05, 0) is 54.5 Å². The maximum absolute atomic E-state index is 6.94. The van der Waals surface area contributed by atoms with Gasteiger partial charge >= 0.3 is 0 Å². The molecule has 0 radical (unpaired) electrons. The van der Waals surface area contributed by atoms with Crippen LogP contribution in [0.25, 0.3) is 82.8 Å². The van der Waals surface area contributed by atoms with Crippen LogP contribution in [0.4, 0.5) is 5.69 Å². The highest BCUT2D eigenvalue weighted by Gasteiger charge is 2.22. The Labute approximate surface area is 240 Å². The molecule has 0 atom stereocenters. The fourth-order valence-corrected chi connectivity index (χ4v) is 7.71. The molecule has 1 aliphatic carbocycles. The number of aromatic nitrogens is 1. The van der Waals surface area contributed by atoms with Crippen LogP contribution in [0.5, 0.6) is 0 Å². The Kier molecular flexibility index (Phi) is 4.69. The van der Waals surface area contributed by atoms with Crippen molar-refractivity contribution >= 4 is 83.0 Å². The second-order valence-electron chi connectivity index (χ2n) is 10.7. The van der Waals surface area contributed by atoms with Crippen molar-refractivity contribution < 1.29 is 4.42 Å². The van der Waals surface area contributed by atoms with Crippen molar-refractivity contribution in [2.45, 2.75) is 6.42 Å². The van der Waals surface area contributed by atoms with Crippen molar-refractivity contribution in [1.82, 2.24) is 4.57 Å². The molecule has 3 nitrogen and oxygen atoms in total. The Bertz CT molecular complexity index is 2410. The Morgan fingerprint density at radius 3 is 2.49 bits per heavy atom. The van der Waals surface area contributed by atoms with Crippen molar-refractivity contribution in [3.8, 4) is 16.8 Å². The summed E-state index contributed by atoms with van der Waals surface area (Å²) in [7, 11) is 0. The van der Waals surface area contributed by atoms with E-state index in [1.165, 1.54) is 36.8 Å². The van der Waals surface area contributed by atoms with E-state index in [9.17, 15) is 0 Å². The van der Waals surface area contributed by atoms with E-state index >= 15 is 0 Å². The molecule has 5 aromatic carbocycles. The number of furan rings is 1. The van der Waals surface area contributed by atoms with Gasteiger partial charge in [-0.25, -0.2) is 0 Å². The number of para-hydroxylation sites is 3. The largest absolute Gasteiger partial charge is 0.456 e. The van der Waals surface area contributed by atoms with Crippen LogP contribution >= 0.6 is 11.3 Å². The third-order valence-electron chi connectivity index (χ3n) is 8.36. The van der Waals surface area contributed by atoms with Crippen LogP contribution in [0.2, 0.25) is 0 Å². The normalized spacial score (nSPS) is 13.2. The minimum atomic E-state index is 0.746. The van der Waals surface area contributed by atoms with Crippen LogP contribution in [0.3, 0.4) is 0 Å². The van der Waals surface area contributed by atoms with Crippen molar-refractivity contribution in [2.75, 3.05) is 5.73 Å². The highest BCUT2D eigenvalue weighted by Crippen LogP contribution is 2.46. The second kappa shape index (κ2) is 8.47. The van der Waals surface area contributed by atoms with Gasteiger partial charge in [0.1, 0.15) is 11.2 Å². The van der Waals surface area contributed by atoms with E-state index in [0.717, 1.165) is 56.4 Å². The van der Waals surface area contributed by atoms with Crippen molar-refractivity contribution in [3.63, 3.8) is 0 Å². The summed E-state index contributed by atoms with van der Waals surface area (Å²) in [6, 6.07) is 34.2. The lowest BCUT2D eigenvalue weighted by molar-refractivity contribution is 0.669. The highest BCUT2D eigenvalue weighted by atomic mass is 32.1. The number of fused-ring (bicyclic) bond motifs is 10. The Hall–Kier alpha value is -5.06. The van der Waals surface area contributed by atoms with Gasteiger partial charge in [0, 0.05) is 47.6 Å². The van der Waals surface area contributed by atoms with E-state index in [0.29, 0.717) is 0 Å². The number of anilines is 1. The van der Waals surface area contributed by atoms with Crippen molar-refractivity contribution in [1.29, 1.82) is 0 Å². The quantitative estimate of drug-likeness (QED) is 0.220. The summed E-state index contributed by atoms with van der Waals surface area (Å²) in [5.74, 6) is 0. The first-order chi connectivity index (χ1) is 20.3. The molecular weight excluding hydrogens is 520 g/mol. The SMILES string of the molecule is Nc1cccc(-c2ccc3oc4ccccc4c3c2)c1-n1c2ccccc2c2ccc3sc4c(c3c21)C=CCC=C4. The first-order valence-electron chi connectivity index (χ1n) is 13.9. The number of hydrogen-bond donors (Lipinski definition) is 1. The van der Waals surface area contributed by atoms with Gasteiger partial charge in [-0.2, -0.15) is 0 Å². The average Bonchev–Trinajstić information content (AvgIpc) is 3.60. The molecular formula is C37H24N2OS. The van der Waals surface area contributed by atoms with Crippen LogP contribution in [0.15, 0.2) is 114 Å². The van der Waals surface area contributed by atoms with E-state index in [4.69, 9.17) is 10.2 Å². The molecule has 8 aromatic rings. The maximum Gasteiger partial charge on any atom is 0.135 e. The molecule has 0 bridgehead atoms. The number of nitrogen functional groups attached to an aromatic ring is 1. The third-order valence-corrected chi connectivity index (χ3v) is 9.49. The molecule has 0 fully saturated rings. The predicted octanol–water partition coefficient (Wildman–Crippen LogP) is 10.6. The number of nitrogens with zero attached hydrogens (tertiary/aromatic N) is 1. The van der Waals surface area contributed by atoms with Crippen LogP contribution in [0, 0.1) is 0 Å². The average molecular weight is 545 g/mol. The molecule has 2 N–H and O–H groups in total. The predicted molar refractivity (Wildman–Crippen MR) is 176 cm³/mol.